The van der Waals surface area contributed by atoms with Crippen LogP contribution >= 0.6 is 0 Å². The Hall–Kier alpha value is -1.84. The normalized spacial score (nSPS) is 21.9. The van der Waals surface area contributed by atoms with Crippen LogP contribution in [0.1, 0.15) is 33.1 Å². The molecule has 2 fully saturated rings. The molecule has 2 aliphatic rings. The largest absolute Gasteiger partial charge is 0.315 e. The number of piperidine rings is 1. The highest BCUT2D eigenvalue weighted by Crippen LogP contribution is 2.34. The Morgan fingerprint density at radius 3 is 2.29 bits per heavy atom. The van der Waals surface area contributed by atoms with E-state index in [1.807, 2.05) is 13.8 Å². The van der Waals surface area contributed by atoms with Gasteiger partial charge in [0.15, 0.2) is 6.67 Å². The van der Waals surface area contributed by atoms with Crippen LogP contribution in [0.25, 0.3) is 0 Å². The second-order valence-electron chi connectivity index (χ2n) is 8.00. The Bertz CT molecular complexity index is 848. The minimum absolute atomic E-state index is 0.0591. The predicted octanol–water partition coefficient (Wildman–Crippen LogP) is 0.238. The van der Waals surface area contributed by atoms with Crippen LogP contribution in [0.2, 0.25) is 0 Å². The molecule has 7 nitrogen and oxygen atoms in total. The first-order valence-electron chi connectivity index (χ1n) is 9.57. The third-order valence-electron chi connectivity index (χ3n) is 5.86. The van der Waals surface area contributed by atoms with Gasteiger partial charge in [0.2, 0.25) is 21.8 Å². The molecule has 0 saturated carbocycles. The minimum Gasteiger partial charge on any atom is -0.315 e. The van der Waals surface area contributed by atoms with Crippen molar-refractivity contribution in [3.05, 3.63) is 30.1 Å². The number of sulfonamides is 1. The van der Waals surface area contributed by atoms with E-state index in [-0.39, 0.29) is 41.9 Å². The van der Waals surface area contributed by atoms with Gasteiger partial charge in [-0.3, -0.25) is 9.59 Å². The van der Waals surface area contributed by atoms with Crippen molar-refractivity contribution in [1.29, 1.82) is 0 Å². The number of carbonyl (C=O) groups is 2. The van der Waals surface area contributed by atoms with Crippen LogP contribution in [-0.4, -0.2) is 62.3 Å². The molecule has 0 aliphatic carbocycles. The number of piperazine rings is 1. The minimum atomic E-state index is -3.75. The van der Waals surface area contributed by atoms with Crippen LogP contribution in [0.4, 0.5) is 4.39 Å². The van der Waals surface area contributed by atoms with Gasteiger partial charge in [0, 0.05) is 12.8 Å². The number of imide groups is 1. The van der Waals surface area contributed by atoms with Gasteiger partial charge in [-0.25, -0.2) is 17.7 Å². The number of hydrogen-bond donors (Lipinski definition) is 1. The molecule has 0 aromatic heterocycles. The second-order valence-corrected chi connectivity index (χ2v) is 9.94. The summed E-state index contributed by atoms with van der Waals surface area (Å²) in [5.74, 6) is -0.891. The van der Waals surface area contributed by atoms with E-state index in [0.717, 1.165) is 17.4 Å². The zero-order chi connectivity index (χ0) is 20.5. The summed E-state index contributed by atoms with van der Waals surface area (Å²) in [5, 5.41) is 0. The van der Waals surface area contributed by atoms with Gasteiger partial charge in [0.25, 0.3) is 0 Å². The van der Waals surface area contributed by atoms with Crippen LogP contribution in [0, 0.1) is 11.2 Å². The number of carbonyl (C=O) groups excluding carboxylic acids is 2. The van der Waals surface area contributed by atoms with Crippen LogP contribution in [0.3, 0.4) is 0 Å². The highest BCUT2D eigenvalue weighted by atomic mass is 32.2. The molecule has 2 saturated heterocycles. The molecule has 0 bridgehead atoms. The van der Waals surface area contributed by atoms with Crippen molar-refractivity contribution < 1.29 is 27.3 Å². The average molecular weight is 413 g/mol. The Morgan fingerprint density at radius 1 is 1.14 bits per heavy atom. The number of nitrogens with zero attached hydrogens (tertiary/aromatic N) is 2. The highest BCUT2D eigenvalue weighted by molar-refractivity contribution is 7.89. The lowest BCUT2D eigenvalue weighted by atomic mass is 9.77. The molecular formula is C19H27FN3O4S+. The zero-order valence-corrected chi connectivity index (χ0v) is 17.1. The van der Waals surface area contributed by atoms with Gasteiger partial charge in [-0.1, -0.05) is 19.9 Å². The van der Waals surface area contributed by atoms with Gasteiger partial charge in [0.1, 0.15) is 5.82 Å². The quantitative estimate of drug-likeness (QED) is 0.703. The molecule has 28 heavy (non-hydrogen) atoms. The fourth-order valence-electron chi connectivity index (χ4n) is 3.75. The van der Waals surface area contributed by atoms with Crippen LogP contribution in [0.15, 0.2) is 29.2 Å². The Balaban J connectivity index is 1.60. The molecule has 0 spiro atoms. The number of benzene rings is 1. The fraction of sp³-hybridized carbons (Fsp3) is 0.579. The summed E-state index contributed by atoms with van der Waals surface area (Å²) < 4.78 is 40.1. The van der Waals surface area contributed by atoms with E-state index in [0.29, 0.717) is 25.9 Å². The number of likely N-dealkylation sites (tertiary alicyclic amines) is 1. The molecule has 1 aromatic rings. The molecule has 3 rings (SSSR count). The summed E-state index contributed by atoms with van der Waals surface area (Å²) in [6, 6.07) is 4.98. The van der Waals surface area contributed by atoms with Gasteiger partial charge in [-0.15, -0.1) is 0 Å². The third kappa shape index (κ3) is 4.26. The number of nitrogens with one attached hydrogen (secondary N) is 1. The van der Waals surface area contributed by atoms with Crippen molar-refractivity contribution in [3.63, 3.8) is 0 Å². The Morgan fingerprint density at radius 2 is 1.75 bits per heavy atom. The lowest BCUT2D eigenvalue weighted by Crippen LogP contribution is -3.16. The summed E-state index contributed by atoms with van der Waals surface area (Å²) in [6.07, 6.45) is 1.51. The van der Waals surface area contributed by atoms with E-state index in [2.05, 4.69) is 0 Å². The first-order chi connectivity index (χ1) is 13.1. The fourth-order valence-corrected chi connectivity index (χ4v) is 5.22. The number of quaternary nitrogens is 1. The van der Waals surface area contributed by atoms with E-state index < -0.39 is 15.8 Å². The van der Waals surface area contributed by atoms with Crippen LogP contribution in [-0.2, 0) is 19.6 Å². The average Bonchev–Trinajstić information content (AvgIpc) is 2.65. The summed E-state index contributed by atoms with van der Waals surface area (Å²) in [7, 11) is -3.75. The van der Waals surface area contributed by atoms with Crippen molar-refractivity contribution in [2.24, 2.45) is 5.41 Å². The molecule has 1 aromatic carbocycles. The molecule has 2 amide bonds. The maximum absolute atomic E-state index is 13.4. The molecule has 0 atom stereocenters. The molecular weight excluding hydrogens is 385 g/mol. The van der Waals surface area contributed by atoms with Crippen molar-refractivity contribution in [3.8, 4) is 0 Å². The van der Waals surface area contributed by atoms with E-state index in [1.165, 1.54) is 27.4 Å². The molecule has 2 aliphatic heterocycles. The van der Waals surface area contributed by atoms with Crippen LogP contribution in [0.5, 0.6) is 0 Å². The van der Waals surface area contributed by atoms with Crippen LogP contribution < -0.4 is 4.90 Å². The lowest BCUT2D eigenvalue weighted by Gasteiger charge is -2.39. The van der Waals surface area contributed by atoms with E-state index >= 15 is 0 Å². The number of rotatable bonds is 5. The van der Waals surface area contributed by atoms with E-state index in [4.69, 9.17) is 0 Å². The maximum Gasteiger partial charge on any atom is 0.243 e. The van der Waals surface area contributed by atoms with Crippen molar-refractivity contribution >= 4 is 21.8 Å². The highest BCUT2D eigenvalue weighted by Gasteiger charge is 2.41. The van der Waals surface area contributed by atoms with Crippen molar-refractivity contribution in [2.75, 3.05) is 32.8 Å². The summed E-state index contributed by atoms with van der Waals surface area (Å²) in [4.78, 5) is 27.1. The SMILES string of the molecule is CCC1(C)CC(=O)N(C[NH+]2CCN(S(=O)(=O)c3cccc(F)c3)CC2)C(=O)C1. The van der Waals surface area contributed by atoms with Gasteiger partial charge in [-0.05, 0) is 30.0 Å². The predicted molar refractivity (Wildman–Crippen MR) is 100 cm³/mol. The zero-order valence-electron chi connectivity index (χ0n) is 16.3. The maximum atomic E-state index is 13.4. The Kier molecular flexibility index (Phi) is 5.88. The number of halogens is 1. The summed E-state index contributed by atoms with van der Waals surface area (Å²) >= 11 is 0. The molecule has 1 N–H and O–H groups in total. The first-order valence-corrected chi connectivity index (χ1v) is 11.0. The van der Waals surface area contributed by atoms with Gasteiger partial charge >= 0.3 is 0 Å². The molecule has 2 heterocycles. The Labute approximate surface area is 165 Å². The van der Waals surface area contributed by atoms with Crippen molar-refractivity contribution in [1.82, 2.24) is 9.21 Å². The summed E-state index contributed by atoms with van der Waals surface area (Å²) in [5.41, 5.74) is -0.266. The van der Waals surface area contributed by atoms with Gasteiger partial charge in [0.05, 0.1) is 31.1 Å². The van der Waals surface area contributed by atoms with E-state index in [1.54, 1.807) is 0 Å². The van der Waals surface area contributed by atoms with E-state index in [9.17, 15) is 22.4 Å². The second kappa shape index (κ2) is 7.88. The molecule has 0 radical (unpaired) electrons. The molecule has 154 valence electrons. The van der Waals surface area contributed by atoms with Gasteiger partial charge < -0.3 is 4.90 Å². The molecule has 9 heteroatoms. The summed E-state index contributed by atoms with van der Waals surface area (Å²) in [6.45, 7) is 5.70. The van der Waals surface area contributed by atoms with Crippen molar-refractivity contribution in [2.45, 2.75) is 38.0 Å². The number of amides is 2. The smallest absolute Gasteiger partial charge is 0.243 e. The van der Waals surface area contributed by atoms with Gasteiger partial charge in [-0.2, -0.15) is 4.31 Å². The third-order valence-corrected chi connectivity index (χ3v) is 7.75. The topological polar surface area (TPSA) is 79.2 Å². The number of hydrogen-bond acceptors (Lipinski definition) is 4. The monoisotopic (exact) mass is 412 g/mol. The first kappa shape index (κ1) is 20.9. The molecule has 0 unspecified atom stereocenters. The standard InChI is InChI=1S/C19H26FN3O4S/c1-3-19(2)12-17(24)23(18(25)13-19)14-21-7-9-22(10-8-21)28(26,27)16-6-4-5-15(20)11-16/h4-6,11H,3,7-10,12-14H2,1-2H3/p+1. The lowest BCUT2D eigenvalue weighted by molar-refractivity contribution is -0.911.